The van der Waals surface area contributed by atoms with Gasteiger partial charge < -0.3 is 10.2 Å². The number of benzene rings is 2. The summed E-state index contributed by atoms with van der Waals surface area (Å²) in [6.45, 7) is 1.83. The Labute approximate surface area is 166 Å². The standard InChI is InChI=1S/C18H14Br2N4O2/c1-10-6-16(24-21-9-11-4-2-3-5-15(11)25)23-18(22-10)13-7-12(19)8-14(20)17(13)26/h2-9,25-26H,1H3,(H,22,23,24)/b21-9-. The Bertz CT molecular complexity index is 993. The zero-order chi connectivity index (χ0) is 18.7. The van der Waals surface area contributed by atoms with Crippen molar-refractivity contribution in [2.24, 2.45) is 5.10 Å². The molecule has 0 aliphatic heterocycles. The number of halogens is 2. The summed E-state index contributed by atoms with van der Waals surface area (Å²) in [5.41, 5.74) is 4.61. The number of phenols is 2. The van der Waals surface area contributed by atoms with Crippen LogP contribution in [0.2, 0.25) is 0 Å². The molecule has 3 N–H and O–H groups in total. The first-order chi connectivity index (χ1) is 12.4. The molecule has 1 aromatic heterocycles. The Kier molecular flexibility index (Phi) is 5.53. The van der Waals surface area contributed by atoms with E-state index in [0.29, 0.717) is 32.9 Å². The largest absolute Gasteiger partial charge is 0.507 e. The Morgan fingerprint density at radius 2 is 1.85 bits per heavy atom. The number of nitrogens with zero attached hydrogens (tertiary/aromatic N) is 3. The van der Waals surface area contributed by atoms with E-state index in [1.165, 1.54) is 6.21 Å². The average Bonchev–Trinajstić information content (AvgIpc) is 2.59. The number of hydrazone groups is 1. The van der Waals surface area contributed by atoms with E-state index in [-0.39, 0.29) is 11.5 Å². The minimum Gasteiger partial charge on any atom is -0.507 e. The molecule has 0 saturated carbocycles. The van der Waals surface area contributed by atoms with E-state index in [4.69, 9.17) is 0 Å². The van der Waals surface area contributed by atoms with Crippen molar-refractivity contribution >= 4 is 43.9 Å². The van der Waals surface area contributed by atoms with Crippen molar-refractivity contribution < 1.29 is 10.2 Å². The lowest BCUT2D eigenvalue weighted by molar-refractivity contribution is 0.473. The van der Waals surface area contributed by atoms with Crippen LogP contribution in [-0.4, -0.2) is 26.4 Å². The molecule has 1 heterocycles. The highest BCUT2D eigenvalue weighted by atomic mass is 79.9. The predicted molar refractivity (Wildman–Crippen MR) is 109 cm³/mol. The number of nitrogens with one attached hydrogen (secondary N) is 1. The molecule has 0 radical (unpaired) electrons. The molecule has 0 aliphatic carbocycles. The molecule has 0 fully saturated rings. The Balaban J connectivity index is 1.90. The first kappa shape index (κ1) is 18.3. The van der Waals surface area contributed by atoms with Crippen LogP contribution in [0.15, 0.2) is 56.5 Å². The summed E-state index contributed by atoms with van der Waals surface area (Å²) in [5.74, 6) is 1.03. The van der Waals surface area contributed by atoms with E-state index in [1.807, 2.05) is 13.0 Å². The Morgan fingerprint density at radius 1 is 1.08 bits per heavy atom. The molecule has 6 nitrogen and oxygen atoms in total. The number of hydrogen-bond donors (Lipinski definition) is 3. The van der Waals surface area contributed by atoms with E-state index in [9.17, 15) is 10.2 Å². The van der Waals surface area contributed by atoms with Gasteiger partial charge in [0.1, 0.15) is 11.5 Å². The maximum Gasteiger partial charge on any atom is 0.165 e. The number of hydrogen-bond acceptors (Lipinski definition) is 6. The highest BCUT2D eigenvalue weighted by Crippen LogP contribution is 2.37. The van der Waals surface area contributed by atoms with E-state index in [0.717, 1.165) is 4.47 Å². The minimum absolute atomic E-state index is 0.0578. The van der Waals surface area contributed by atoms with E-state index in [2.05, 4.69) is 52.4 Å². The maximum absolute atomic E-state index is 10.3. The van der Waals surface area contributed by atoms with Gasteiger partial charge in [-0.25, -0.2) is 9.97 Å². The van der Waals surface area contributed by atoms with Crippen LogP contribution in [0, 0.1) is 6.92 Å². The third-order valence-corrected chi connectivity index (χ3v) is 4.51. The van der Waals surface area contributed by atoms with Crippen molar-refractivity contribution in [3.63, 3.8) is 0 Å². The fourth-order valence-electron chi connectivity index (χ4n) is 2.25. The van der Waals surface area contributed by atoms with Crippen LogP contribution >= 0.6 is 31.9 Å². The summed E-state index contributed by atoms with van der Waals surface area (Å²) < 4.78 is 1.33. The zero-order valence-corrected chi connectivity index (χ0v) is 16.8. The summed E-state index contributed by atoms with van der Waals surface area (Å²) in [7, 11) is 0. The number of phenolic OH excluding ortho intramolecular Hbond substituents is 2. The number of aromatic hydroxyl groups is 2. The molecule has 0 unspecified atom stereocenters. The van der Waals surface area contributed by atoms with Crippen molar-refractivity contribution in [3.8, 4) is 22.9 Å². The summed E-state index contributed by atoms with van der Waals surface area (Å²) >= 11 is 6.70. The molecule has 3 rings (SSSR count). The number of rotatable bonds is 4. The maximum atomic E-state index is 10.3. The summed E-state index contributed by atoms with van der Waals surface area (Å²) in [4.78, 5) is 8.78. The lowest BCUT2D eigenvalue weighted by atomic mass is 10.2. The SMILES string of the molecule is Cc1cc(N/N=C\c2ccccc2O)nc(-c2cc(Br)cc(Br)c2O)n1. The normalized spacial score (nSPS) is 11.0. The van der Waals surface area contributed by atoms with Crippen molar-refractivity contribution in [2.45, 2.75) is 6.92 Å². The van der Waals surface area contributed by atoms with Crippen molar-refractivity contribution in [1.29, 1.82) is 0 Å². The molecule has 0 atom stereocenters. The molecular formula is C18H14Br2N4O2. The number of aryl methyl sites for hydroxylation is 1. The van der Waals surface area contributed by atoms with Crippen LogP contribution in [0.4, 0.5) is 5.82 Å². The fraction of sp³-hybridized carbons (Fsp3) is 0.0556. The van der Waals surface area contributed by atoms with Crippen LogP contribution in [0.5, 0.6) is 11.5 Å². The molecule has 0 aliphatic rings. The van der Waals surface area contributed by atoms with Crippen LogP contribution in [0.1, 0.15) is 11.3 Å². The third-order valence-electron chi connectivity index (χ3n) is 3.44. The molecule has 26 heavy (non-hydrogen) atoms. The first-order valence-corrected chi connectivity index (χ1v) is 9.14. The van der Waals surface area contributed by atoms with Crippen LogP contribution in [-0.2, 0) is 0 Å². The second-order valence-corrected chi connectivity index (χ2v) is 7.20. The topological polar surface area (TPSA) is 90.6 Å². The van der Waals surface area contributed by atoms with Crippen molar-refractivity contribution in [1.82, 2.24) is 9.97 Å². The van der Waals surface area contributed by atoms with Gasteiger partial charge in [0.05, 0.1) is 16.3 Å². The van der Waals surface area contributed by atoms with Gasteiger partial charge in [0, 0.05) is 21.8 Å². The fourth-order valence-corrected chi connectivity index (χ4v) is 3.47. The lowest BCUT2D eigenvalue weighted by Crippen LogP contribution is -1.99. The van der Waals surface area contributed by atoms with Gasteiger partial charge >= 0.3 is 0 Å². The van der Waals surface area contributed by atoms with Gasteiger partial charge in [0.2, 0.25) is 0 Å². The summed E-state index contributed by atoms with van der Waals surface area (Å²) in [5, 5.41) is 24.1. The van der Waals surface area contributed by atoms with Gasteiger partial charge in [0.15, 0.2) is 11.6 Å². The molecule has 0 saturated heterocycles. The first-order valence-electron chi connectivity index (χ1n) is 7.55. The molecule has 0 amide bonds. The average molecular weight is 478 g/mol. The monoisotopic (exact) mass is 476 g/mol. The molecule has 8 heteroatoms. The molecule has 3 aromatic rings. The predicted octanol–water partition coefficient (Wildman–Crippen LogP) is 4.83. The van der Waals surface area contributed by atoms with E-state index in [1.54, 1.807) is 36.4 Å². The van der Waals surface area contributed by atoms with E-state index >= 15 is 0 Å². The number of anilines is 1. The summed E-state index contributed by atoms with van der Waals surface area (Å²) in [6.07, 6.45) is 1.50. The van der Waals surface area contributed by atoms with Gasteiger partial charge in [-0.2, -0.15) is 5.10 Å². The minimum atomic E-state index is 0.0578. The lowest BCUT2D eigenvalue weighted by Gasteiger charge is -2.09. The summed E-state index contributed by atoms with van der Waals surface area (Å²) in [6, 6.07) is 12.1. The second-order valence-electron chi connectivity index (χ2n) is 5.43. The van der Waals surface area contributed by atoms with Crippen LogP contribution in [0.25, 0.3) is 11.4 Å². The van der Waals surface area contributed by atoms with Crippen LogP contribution in [0.3, 0.4) is 0 Å². The smallest absolute Gasteiger partial charge is 0.165 e. The third kappa shape index (κ3) is 4.20. The van der Waals surface area contributed by atoms with Gasteiger partial charge in [0.25, 0.3) is 0 Å². The molecule has 2 aromatic carbocycles. The molecule has 0 spiro atoms. The molecule has 0 bridgehead atoms. The Hall–Kier alpha value is -2.45. The van der Waals surface area contributed by atoms with Gasteiger partial charge in [-0.1, -0.05) is 28.1 Å². The highest BCUT2D eigenvalue weighted by Gasteiger charge is 2.13. The quantitative estimate of drug-likeness (QED) is 0.369. The van der Waals surface area contributed by atoms with Gasteiger partial charge in [-0.05, 0) is 47.1 Å². The number of para-hydroxylation sites is 1. The van der Waals surface area contributed by atoms with Crippen molar-refractivity contribution in [2.75, 3.05) is 5.43 Å². The van der Waals surface area contributed by atoms with Gasteiger partial charge in [-0.3, -0.25) is 5.43 Å². The number of aromatic nitrogens is 2. The van der Waals surface area contributed by atoms with Crippen LogP contribution < -0.4 is 5.43 Å². The molecule has 132 valence electrons. The second kappa shape index (κ2) is 7.84. The molecular weight excluding hydrogens is 464 g/mol. The van der Waals surface area contributed by atoms with Crippen molar-refractivity contribution in [3.05, 3.63) is 62.7 Å². The Morgan fingerprint density at radius 3 is 2.62 bits per heavy atom. The van der Waals surface area contributed by atoms with Gasteiger partial charge in [-0.15, -0.1) is 0 Å². The van der Waals surface area contributed by atoms with E-state index < -0.39 is 0 Å². The zero-order valence-electron chi connectivity index (χ0n) is 13.6. The highest BCUT2D eigenvalue weighted by molar-refractivity contribution is 9.11.